The summed E-state index contributed by atoms with van der Waals surface area (Å²) < 4.78 is 11.6. The van der Waals surface area contributed by atoms with E-state index in [1.54, 1.807) is 0 Å². The van der Waals surface area contributed by atoms with E-state index >= 15 is 0 Å². The maximum atomic E-state index is 6.88. The van der Waals surface area contributed by atoms with Gasteiger partial charge in [-0.2, -0.15) is 0 Å². The summed E-state index contributed by atoms with van der Waals surface area (Å²) in [4.78, 5) is 12.7. The monoisotopic (exact) mass is 759 g/mol. The lowest BCUT2D eigenvalue weighted by molar-refractivity contribution is 0.483. The van der Waals surface area contributed by atoms with E-state index < -0.39 is 0 Å². The third-order valence-electron chi connectivity index (χ3n) is 12.6. The SMILES string of the molecule is CC(C)c1cccc(C(C)C)c1N1B2c3ccccc3C(C)(C)c3cnc(n32)-c2cc(Oc3ccc4c5ccccc5n(-c5cc(C(C)(C)C)ccn5)c4c3)ccc21. The van der Waals surface area contributed by atoms with Crippen molar-refractivity contribution in [2.45, 2.75) is 85.0 Å². The summed E-state index contributed by atoms with van der Waals surface area (Å²) in [5.41, 5.74) is 13.2. The second-order valence-corrected chi connectivity index (χ2v) is 18.4. The highest BCUT2D eigenvalue weighted by Crippen LogP contribution is 2.50. The first-order chi connectivity index (χ1) is 27.8. The second kappa shape index (κ2) is 13.0. The van der Waals surface area contributed by atoms with Crippen LogP contribution in [0, 0.1) is 0 Å². The molecule has 0 radical (unpaired) electrons. The highest BCUT2D eigenvalue weighted by atomic mass is 16.5. The molecule has 58 heavy (non-hydrogen) atoms. The van der Waals surface area contributed by atoms with Gasteiger partial charge in [-0.1, -0.05) is 123 Å². The molecule has 10 rings (SSSR count). The molecule has 0 aliphatic carbocycles. The van der Waals surface area contributed by atoms with Gasteiger partial charge in [-0.3, -0.25) is 4.57 Å². The number of nitrogens with zero attached hydrogens (tertiary/aromatic N) is 5. The van der Waals surface area contributed by atoms with Gasteiger partial charge in [0.2, 0.25) is 0 Å². The van der Waals surface area contributed by atoms with Gasteiger partial charge in [0.15, 0.2) is 0 Å². The van der Waals surface area contributed by atoms with Crippen LogP contribution in [0.25, 0.3) is 39.0 Å². The molecule has 0 N–H and O–H groups in total. The lowest BCUT2D eigenvalue weighted by atomic mass is 9.54. The molecule has 288 valence electrons. The molecular formula is C51H50BN5O. The zero-order valence-corrected chi connectivity index (χ0v) is 35.0. The third-order valence-corrected chi connectivity index (χ3v) is 12.6. The fourth-order valence-electron chi connectivity index (χ4n) is 9.63. The van der Waals surface area contributed by atoms with E-state index in [2.05, 4.69) is 198 Å². The van der Waals surface area contributed by atoms with E-state index in [9.17, 15) is 0 Å². The number of imidazole rings is 1. The van der Waals surface area contributed by atoms with Crippen LogP contribution in [0.2, 0.25) is 0 Å². The standard InChI is InChI=1S/C51H50BN5O/c1-31(2)36-16-14-17-37(32(3)4)48(36)56-44-24-22-34(28-40(44)49-54-30-46-51(8,9)41-18-11-12-19-42(41)52(56)57(46)49)58-35-21-23-39-38-15-10-13-20-43(38)55(45(39)29-35)47-27-33(25-26-53-47)50(5,6)7/h10-32H,1-9H3. The van der Waals surface area contributed by atoms with Crippen LogP contribution in [0.4, 0.5) is 11.4 Å². The molecule has 0 unspecified atom stereocenters. The van der Waals surface area contributed by atoms with Crippen LogP contribution < -0.4 is 15.0 Å². The quantitative estimate of drug-likeness (QED) is 0.158. The van der Waals surface area contributed by atoms with Crippen LogP contribution in [-0.4, -0.2) is 26.0 Å². The molecule has 2 aliphatic heterocycles. The third kappa shape index (κ3) is 5.39. The highest BCUT2D eigenvalue weighted by Gasteiger charge is 2.49. The number of para-hydroxylation sites is 2. The Bertz CT molecular complexity index is 2900. The molecule has 7 heteroatoms. The van der Waals surface area contributed by atoms with Crippen LogP contribution in [0.15, 0.2) is 128 Å². The minimum absolute atomic E-state index is 0.00672. The predicted octanol–water partition coefficient (Wildman–Crippen LogP) is 12.4. The Hall–Kier alpha value is -6.08. The molecule has 5 aromatic carbocycles. The normalized spacial score (nSPS) is 14.3. The fourth-order valence-corrected chi connectivity index (χ4v) is 9.63. The molecule has 2 aliphatic rings. The highest BCUT2D eigenvalue weighted by molar-refractivity contribution is 6.78. The van der Waals surface area contributed by atoms with Crippen LogP contribution in [0.3, 0.4) is 0 Å². The summed E-state index contributed by atoms with van der Waals surface area (Å²) in [6.07, 6.45) is 4.03. The van der Waals surface area contributed by atoms with Gasteiger partial charge in [-0.05, 0) is 93.5 Å². The Morgan fingerprint density at radius 1 is 0.690 bits per heavy atom. The van der Waals surface area contributed by atoms with Crippen LogP contribution in [0.1, 0.15) is 102 Å². The van der Waals surface area contributed by atoms with Gasteiger partial charge in [0.25, 0.3) is 0 Å². The largest absolute Gasteiger partial charge is 0.457 e. The number of ether oxygens (including phenoxy) is 1. The average molecular weight is 760 g/mol. The molecule has 8 aromatic rings. The van der Waals surface area contributed by atoms with E-state index in [1.165, 1.54) is 44.5 Å². The Labute approximate surface area is 342 Å². The predicted molar refractivity (Wildman–Crippen MR) is 241 cm³/mol. The maximum absolute atomic E-state index is 6.88. The zero-order valence-electron chi connectivity index (χ0n) is 35.0. The van der Waals surface area contributed by atoms with E-state index in [0.717, 1.165) is 50.8 Å². The van der Waals surface area contributed by atoms with Crippen molar-refractivity contribution in [2.75, 3.05) is 4.81 Å². The van der Waals surface area contributed by atoms with Gasteiger partial charge in [0, 0.05) is 57.3 Å². The minimum Gasteiger partial charge on any atom is -0.457 e. The first kappa shape index (κ1) is 36.3. The molecule has 0 saturated carbocycles. The van der Waals surface area contributed by atoms with Crippen molar-refractivity contribution in [3.8, 4) is 28.7 Å². The number of pyridine rings is 1. The topological polar surface area (TPSA) is 48.1 Å². The molecule has 0 bridgehead atoms. The van der Waals surface area contributed by atoms with Gasteiger partial charge in [0.1, 0.15) is 23.1 Å². The smallest absolute Gasteiger partial charge is 0.422 e. The molecule has 0 saturated heterocycles. The van der Waals surface area contributed by atoms with Crippen molar-refractivity contribution in [3.05, 3.63) is 156 Å². The van der Waals surface area contributed by atoms with Gasteiger partial charge in [-0.25, -0.2) is 9.97 Å². The number of hydrogen-bond acceptors (Lipinski definition) is 4. The number of aromatic nitrogens is 4. The van der Waals surface area contributed by atoms with Crippen LogP contribution >= 0.6 is 0 Å². The zero-order chi connectivity index (χ0) is 40.2. The Balaban J connectivity index is 1.15. The van der Waals surface area contributed by atoms with Crippen molar-refractivity contribution in [1.82, 2.24) is 19.0 Å². The van der Waals surface area contributed by atoms with Crippen molar-refractivity contribution >= 4 is 45.6 Å². The summed E-state index contributed by atoms with van der Waals surface area (Å²) >= 11 is 0. The van der Waals surface area contributed by atoms with Crippen molar-refractivity contribution < 1.29 is 4.74 Å². The number of rotatable bonds is 6. The number of benzene rings is 5. The van der Waals surface area contributed by atoms with E-state index in [4.69, 9.17) is 14.7 Å². The average Bonchev–Trinajstić information content (AvgIpc) is 3.80. The van der Waals surface area contributed by atoms with E-state index in [0.29, 0.717) is 11.8 Å². The summed E-state index contributed by atoms with van der Waals surface area (Å²) in [5, 5.41) is 2.35. The van der Waals surface area contributed by atoms with Gasteiger partial charge in [-0.15, -0.1) is 0 Å². The van der Waals surface area contributed by atoms with E-state index in [-0.39, 0.29) is 17.8 Å². The van der Waals surface area contributed by atoms with Gasteiger partial charge in [0.05, 0.1) is 11.0 Å². The molecule has 0 fully saturated rings. The summed E-state index contributed by atoms with van der Waals surface area (Å²) in [5.74, 6) is 4.05. The van der Waals surface area contributed by atoms with Crippen molar-refractivity contribution in [1.29, 1.82) is 0 Å². The van der Waals surface area contributed by atoms with Crippen LogP contribution in [0.5, 0.6) is 11.5 Å². The molecule has 0 spiro atoms. The Kier molecular flexibility index (Phi) is 8.11. The van der Waals surface area contributed by atoms with E-state index in [1.807, 2.05) is 6.20 Å². The maximum Gasteiger partial charge on any atom is 0.422 e. The summed E-state index contributed by atoms with van der Waals surface area (Å²) in [6.45, 7) is 20.5. The Morgan fingerprint density at radius 2 is 1.38 bits per heavy atom. The summed E-state index contributed by atoms with van der Waals surface area (Å²) in [7, 11) is 0. The molecule has 6 nitrogen and oxygen atoms in total. The van der Waals surface area contributed by atoms with Gasteiger partial charge < -0.3 is 14.0 Å². The van der Waals surface area contributed by atoms with Gasteiger partial charge >= 0.3 is 6.98 Å². The van der Waals surface area contributed by atoms with Crippen LogP contribution in [-0.2, 0) is 10.8 Å². The lowest BCUT2D eigenvalue weighted by Gasteiger charge is -2.46. The number of fused-ring (bicyclic) bond motifs is 7. The number of hydrogen-bond donors (Lipinski definition) is 0. The minimum atomic E-state index is -0.233. The molecule has 0 amide bonds. The molecule has 0 atom stereocenters. The first-order valence-corrected chi connectivity index (χ1v) is 20.7. The number of anilines is 2. The van der Waals surface area contributed by atoms with Crippen molar-refractivity contribution in [2.24, 2.45) is 0 Å². The lowest BCUT2D eigenvalue weighted by Crippen LogP contribution is -2.60. The molecular weight excluding hydrogens is 709 g/mol. The first-order valence-electron chi connectivity index (χ1n) is 20.7. The molecule has 5 heterocycles. The van der Waals surface area contributed by atoms with Crippen molar-refractivity contribution in [3.63, 3.8) is 0 Å². The fraction of sp³-hybridized carbons (Fsp3) is 0.255. The summed E-state index contributed by atoms with van der Waals surface area (Å²) in [6, 6.07) is 41.8. The second-order valence-electron chi connectivity index (χ2n) is 18.4. The molecule has 3 aromatic heterocycles. The Morgan fingerprint density at radius 3 is 2.14 bits per heavy atom.